The number of primary amides is 1. The van der Waals surface area contributed by atoms with E-state index >= 15 is 0 Å². The van der Waals surface area contributed by atoms with Crippen LogP contribution in [0.25, 0.3) is 5.65 Å². The molecule has 1 aliphatic heterocycles. The summed E-state index contributed by atoms with van der Waals surface area (Å²) in [5.74, 6) is -3.49. The molecule has 2 aromatic heterocycles. The van der Waals surface area contributed by atoms with Crippen LogP contribution < -0.4 is 15.8 Å². The van der Waals surface area contributed by atoms with Crippen molar-refractivity contribution in [3.63, 3.8) is 0 Å². The van der Waals surface area contributed by atoms with Crippen LogP contribution in [-0.4, -0.2) is 44.6 Å². The number of nitrogens with two attached hydrogens (primary N) is 1. The number of nitrogens with one attached hydrogen (secondary N) is 1. The van der Waals surface area contributed by atoms with Crippen LogP contribution in [0, 0.1) is 0 Å². The number of carbonyl (C=O) groups excluding carboxylic acids is 2. The monoisotopic (exact) mass is 457 g/mol. The van der Waals surface area contributed by atoms with Gasteiger partial charge in [-0.2, -0.15) is 5.10 Å². The zero-order chi connectivity index (χ0) is 23.2. The number of esters is 1. The quantitative estimate of drug-likeness (QED) is 0.565. The molecule has 0 spiro atoms. The molecule has 0 bridgehead atoms. The molecule has 1 fully saturated rings. The van der Waals surface area contributed by atoms with Crippen LogP contribution >= 0.6 is 0 Å². The molecule has 0 radical (unpaired) electrons. The van der Waals surface area contributed by atoms with Crippen molar-refractivity contribution >= 4 is 23.3 Å². The highest BCUT2D eigenvalue weighted by molar-refractivity contribution is 5.98. The van der Waals surface area contributed by atoms with Crippen LogP contribution in [0.5, 0.6) is 5.75 Å². The molecular weight excluding hydrogens is 436 g/mol. The fourth-order valence-electron chi connectivity index (χ4n) is 4.20. The van der Waals surface area contributed by atoms with Crippen molar-refractivity contribution in [1.82, 2.24) is 14.6 Å². The van der Waals surface area contributed by atoms with Crippen molar-refractivity contribution in [2.24, 2.45) is 5.73 Å². The maximum Gasteiger partial charge on any atom is 0.344 e. The summed E-state index contributed by atoms with van der Waals surface area (Å²) in [4.78, 5) is 29.4. The summed E-state index contributed by atoms with van der Waals surface area (Å²) < 4.78 is 39.7. The van der Waals surface area contributed by atoms with Crippen LogP contribution in [-0.2, 0) is 9.53 Å². The average molecular weight is 457 g/mol. The summed E-state index contributed by atoms with van der Waals surface area (Å²) in [5, 5.41) is 7.37. The minimum Gasteiger partial charge on any atom is -0.491 e. The first kappa shape index (κ1) is 21.1. The Morgan fingerprint density at radius 3 is 2.70 bits per heavy atom. The van der Waals surface area contributed by atoms with E-state index in [0.29, 0.717) is 12.4 Å². The number of anilines is 1. The number of hydrogen-bond donors (Lipinski definition) is 2. The van der Waals surface area contributed by atoms with E-state index < -0.39 is 36.2 Å². The number of benzene rings is 1. The van der Waals surface area contributed by atoms with Crippen LogP contribution in [0.2, 0.25) is 0 Å². The van der Waals surface area contributed by atoms with Gasteiger partial charge >= 0.3 is 5.97 Å². The number of alkyl halides is 2. The molecule has 33 heavy (non-hydrogen) atoms. The highest BCUT2D eigenvalue weighted by Crippen LogP contribution is 2.41. The van der Waals surface area contributed by atoms with Gasteiger partial charge in [0.05, 0.1) is 12.2 Å². The van der Waals surface area contributed by atoms with Gasteiger partial charge in [-0.3, -0.25) is 4.79 Å². The smallest absolute Gasteiger partial charge is 0.344 e. The standard InChI is InChI=1S/C22H21F2N5O4/c23-22(24)8-6-21(7-9-22,20(25)31)33-19(30)14-11-26-29-10-5-17(28-18(14)29)27-15-12-32-16-4-2-1-3-13(15)16/h1-5,10-11,15H,6-9,12H2,(H2,25,31)(H,27,28). The Labute approximate surface area is 186 Å². The first-order chi connectivity index (χ1) is 15.8. The molecule has 5 rings (SSSR count). The van der Waals surface area contributed by atoms with E-state index in [-0.39, 0.29) is 30.1 Å². The van der Waals surface area contributed by atoms with Gasteiger partial charge in [0.2, 0.25) is 5.92 Å². The number of para-hydroxylation sites is 1. The van der Waals surface area contributed by atoms with Gasteiger partial charge in [0, 0.05) is 37.4 Å². The molecule has 1 amide bonds. The molecule has 3 heterocycles. The fourth-order valence-corrected chi connectivity index (χ4v) is 4.20. The lowest BCUT2D eigenvalue weighted by Crippen LogP contribution is -2.51. The van der Waals surface area contributed by atoms with E-state index in [0.717, 1.165) is 11.3 Å². The molecule has 0 saturated heterocycles. The summed E-state index contributed by atoms with van der Waals surface area (Å²) in [5.41, 5.74) is 4.84. The van der Waals surface area contributed by atoms with E-state index in [2.05, 4.69) is 15.4 Å². The number of aromatic nitrogens is 3. The van der Waals surface area contributed by atoms with Gasteiger partial charge in [0.15, 0.2) is 11.2 Å². The number of nitrogens with zero attached hydrogens (tertiary/aromatic N) is 3. The number of hydrogen-bond acceptors (Lipinski definition) is 7. The van der Waals surface area contributed by atoms with E-state index in [4.69, 9.17) is 15.2 Å². The second kappa shape index (κ2) is 7.68. The maximum atomic E-state index is 13.6. The van der Waals surface area contributed by atoms with Crippen molar-refractivity contribution in [3.8, 4) is 5.75 Å². The predicted octanol–water partition coefficient (Wildman–Crippen LogP) is 2.87. The number of halogens is 2. The second-order valence-corrected chi connectivity index (χ2v) is 8.29. The van der Waals surface area contributed by atoms with E-state index in [1.54, 1.807) is 12.3 Å². The number of amides is 1. The molecule has 1 aromatic carbocycles. The van der Waals surface area contributed by atoms with E-state index in [1.807, 2.05) is 24.3 Å². The summed E-state index contributed by atoms with van der Waals surface area (Å²) >= 11 is 0. The van der Waals surface area contributed by atoms with Crippen LogP contribution in [0.3, 0.4) is 0 Å². The molecule has 3 aromatic rings. The highest BCUT2D eigenvalue weighted by atomic mass is 19.3. The Morgan fingerprint density at radius 2 is 1.94 bits per heavy atom. The van der Waals surface area contributed by atoms with Crippen LogP contribution in [0.15, 0.2) is 42.7 Å². The summed E-state index contributed by atoms with van der Waals surface area (Å²) in [6.07, 6.45) is 1.01. The maximum absolute atomic E-state index is 13.6. The van der Waals surface area contributed by atoms with Gasteiger partial charge in [-0.25, -0.2) is 23.1 Å². The van der Waals surface area contributed by atoms with Crippen molar-refractivity contribution in [2.45, 2.75) is 43.2 Å². The molecule has 1 saturated carbocycles. The normalized spacial score (nSPS) is 20.6. The van der Waals surface area contributed by atoms with Gasteiger partial charge in [-0.15, -0.1) is 0 Å². The molecule has 1 atom stereocenters. The minimum absolute atomic E-state index is 0.000296. The third-order valence-electron chi connectivity index (χ3n) is 6.14. The van der Waals surface area contributed by atoms with Crippen molar-refractivity contribution in [3.05, 3.63) is 53.9 Å². The Morgan fingerprint density at radius 1 is 1.18 bits per heavy atom. The molecule has 3 N–H and O–H groups in total. The SMILES string of the molecule is NC(=O)C1(OC(=O)c2cnn3ccc(NC4COc5ccccc54)nc23)CCC(F)(F)CC1. The lowest BCUT2D eigenvalue weighted by Gasteiger charge is -2.36. The van der Waals surface area contributed by atoms with Gasteiger partial charge in [-0.1, -0.05) is 18.2 Å². The first-order valence-corrected chi connectivity index (χ1v) is 10.5. The zero-order valence-electron chi connectivity index (χ0n) is 17.5. The number of fused-ring (bicyclic) bond motifs is 2. The van der Waals surface area contributed by atoms with Crippen LogP contribution in [0.4, 0.5) is 14.6 Å². The van der Waals surface area contributed by atoms with Crippen LogP contribution in [0.1, 0.15) is 47.6 Å². The molecule has 172 valence electrons. The van der Waals surface area contributed by atoms with Gasteiger partial charge in [0.1, 0.15) is 23.7 Å². The van der Waals surface area contributed by atoms with Crippen molar-refractivity contribution < 1.29 is 27.8 Å². The van der Waals surface area contributed by atoms with Crippen molar-refractivity contribution in [1.29, 1.82) is 0 Å². The largest absolute Gasteiger partial charge is 0.491 e. The zero-order valence-corrected chi connectivity index (χ0v) is 17.5. The van der Waals surface area contributed by atoms with Gasteiger partial charge < -0.3 is 20.5 Å². The average Bonchev–Trinajstić information content (AvgIpc) is 3.39. The van der Waals surface area contributed by atoms with Gasteiger partial charge in [0.25, 0.3) is 5.91 Å². The Hall–Kier alpha value is -3.76. The Balaban J connectivity index is 1.39. The second-order valence-electron chi connectivity index (χ2n) is 8.29. The molecule has 9 nitrogen and oxygen atoms in total. The Bertz CT molecular complexity index is 1230. The molecule has 2 aliphatic rings. The van der Waals surface area contributed by atoms with E-state index in [1.165, 1.54) is 10.7 Å². The lowest BCUT2D eigenvalue weighted by atomic mass is 9.82. The topological polar surface area (TPSA) is 121 Å². The summed E-state index contributed by atoms with van der Waals surface area (Å²) in [7, 11) is 0. The predicted molar refractivity (Wildman–Crippen MR) is 112 cm³/mol. The van der Waals surface area contributed by atoms with Gasteiger partial charge in [-0.05, 0) is 12.1 Å². The number of rotatable bonds is 5. The third kappa shape index (κ3) is 3.83. The number of carbonyl (C=O) groups is 2. The Kier molecular flexibility index (Phi) is 4.91. The summed E-state index contributed by atoms with van der Waals surface area (Å²) in [6, 6.07) is 9.22. The fraction of sp³-hybridized carbons (Fsp3) is 0.364. The highest BCUT2D eigenvalue weighted by Gasteiger charge is 2.50. The molecule has 11 heteroatoms. The first-order valence-electron chi connectivity index (χ1n) is 10.5. The minimum atomic E-state index is -2.92. The third-order valence-corrected chi connectivity index (χ3v) is 6.14. The summed E-state index contributed by atoms with van der Waals surface area (Å²) in [6.45, 7) is 0.423. The van der Waals surface area contributed by atoms with Crippen molar-refractivity contribution in [2.75, 3.05) is 11.9 Å². The molecular formula is C22H21F2N5O4. The van der Waals surface area contributed by atoms with E-state index in [9.17, 15) is 18.4 Å². The lowest BCUT2D eigenvalue weighted by molar-refractivity contribution is -0.151. The molecule has 1 unspecified atom stereocenters. The number of ether oxygens (including phenoxy) is 2. The molecule has 1 aliphatic carbocycles.